The van der Waals surface area contributed by atoms with E-state index in [0.717, 1.165) is 59.6 Å². The molecule has 3 amide bonds. The van der Waals surface area contributed by atoms with Crippen LogP contribution in [0, 0.1) is 17.8 Å². The number of aromatic nitrogens is 4. The minimum atomic E-state index is -0.660. The largest absolute Gasteiger partial charge is 0.453 e. The van der Waals surface area contributed by atoms with Crippen molar-refractivity contribution in [2.24, 2.45) is 17.8 Å². The van der Waals surface area contributed by atoms with Crippen molar-refractivity contribution < 1.29 is 19.1 Å². The van der Waals surface area contributed by atoms with Gasteiger partial charge in [0.25, 0.3) is 0 Å². The number of carbonyl (C=O) groups excluding carboxylic acids is 3. The van der Waals surface area contributed by atoms with Crippen LogP contribution >= 0.6 is 0 Å². The van der Waals surface area contributed by atoms with Gasteiger partial charge in [0.2, 0.25) is 11.8 Å². The van der Waals surface area contributed by atoms with Crippen LogP contribution in [0.1, 0.15) is 119 Å². The number of alkyl carbamates (subject to hydrolysis) is 1. The van der Waals surface area contributed by atoms with Gasteiger partial charge >= 0.3 is 6.09 Å². The van der Waals surface area contributed by atoms with Crippen molar-refractivity contribution >= 4 is 28.9 Å². The molecule has 2 aromatic heterocycles. The molecule has 3 N–H and O–H groups in total. The van der Waals surface area contributed by atoms with Crippen LogP contribution in [0.3, 0.4) is 0 Å². The summed E-state index contributed by atoms with van der Waals surface area (Å²) < 4.78 is 4.83. The van der Waals surface area contributed by atoms with Gasteiger partial charge in [-0.25, -0.2) is 14.8 Å². The molecule has 3 saturated carbocycles. The van der Waals surface area contributed by atoms with Gasteiger partial charge in [-0.15, -0.1) is 0 Å². The van der Waals surface area contributed by atoms with E-state index in [0.29, 0.717) is 29.7 Å². The zero-order valence-corrected chi connectivity index (χ0v) is 33.6. The van der Waals surface area contributed by atoms with E-state index >= 15 is 0 Å². The molecule has 4 unspecified atom stereocenters. The van der Waals surface area contributed by atoms with Crippen molar-refractivity contribution in [1.29, 1.82) is 0 Å². The normalized spacial score (nSPS) is 28.0. The maximum Gasteiger partial charge on any atom is 0.407 e. The third kappa shape index (κ3) is 5.70. The summed E-state index contributed by atoms with van der Waals surface area (Å²) in [5.41, 5.74) is 12.1. The lowest BCUT2D eigenvalue weighted by atomic mass is 9.63. The number of hydrogen-bond donors (Lipinski definition) is 3. The molecule has 7 aliphatic rings. The molecule has 11 heteroatoms. The van der Waals surface area contributed by atoms with Crippen LogP contribution < -0.4 is 5.32 Å². The van der Waals surface area contributed by atoms with E-state index in [1.807, 2.05) is 24.9 Å². The Balaban J connectivity index is 0.868. The summed E-state index contributed by atoms with van der Waals surface area (Å²) in [6.07, 6.45) is 10.2. The minimum Gasteiger partial charge on any atom is -0.453 e. The summed E-state index contributed by atoms with van der Waals surface area (Å²) in [5, 5.41) is 2.77. The number of ether oxygens (including phenoxy) is 1. The van der Waals surface area contributed by atoms with Gasteiger partial charge in [-0.1, -0.05) is 56.3 Å². The number of methoxy groups -OCH3 is 1. The molecule has 5 aromatic rings. The third-order valence-electron chi connectivity index (χ3n) is 14.6. The Morgan fingerprint density at radius 1 is 0.759 bits per heavy atom. The molecule has 298 valence electrons. The highest BCUT2D eigenvalue weighted by Crippen LogP contribution is 2.57. The van der Waals surface area contributed by atoms with Gasteiger partial charge < -0.3 is 29.8 Å². The van der Waals surface area contributed by atoms with Gasteiger partial charge in [0.05, 0.1) is 42.1 Å². The van der Waals surface area contributed by atoms with Crippen LogP contribution in [0.15, 0.2) is 60.8 Å². The maximum absolute atomic E-state index is 13.9. The van der Waals surface area contributed by atoms with Crippen LogP contribution in [0.4, 0.5) is 4.79 Å². The molecular weight excluding hydrogens is 727 g/mol. The van der Waals surface area contributed by atoms with E-state index in [2.05, 4.69) is 74.8 Å². The van der Waals surface area contributed by atoms with Crippen molar-refractivity contribution in [2.45, 2.75) is 114 Å². The number of rotatable bonds is 8. The first kappa shape index (κ1) is 35.7. The third-order valence-corrected chi connectivity index (χ3v) is 14.6. The summed E-state index contributed by atoms with van der Waals surface area (Å²) >= 11 is 0. The predicted molar refractivity (Wildman–Crippen MR) is 221 cm³/mol. The number of piperidine rings is 2. The highest BCUT2D eigenvalue weighted by atomic mass is 16.5. The monoisotopic (exact) mass is 777 g/mol. The lowest BCUT2D eigenvalue weighted by Gasteiger charge is -2.41. The molecule has 5 aliphatic carbocycles. The fraction of sp³-hybridized carbons (Fsp3) is 0.468. The standard InChI is InChI=1S/C47H51N7O4/c1-23(2)43(52-47(57)58-4)46(56)54-38-19-31(38)20-39(54)44-48-22-36(51-44)26-7-5-25(6-8-26)32-14-15-33(42-28-11-9-27(10-12-28)41(32)42)29-13-16-34-35(17-29)50-45(49-34)40-21-30-18-37(30)53(40)24(3)55/h5-8,13-17,22-23,27-28,30-31,37-40,43H,9-12,18-21H2,1-4H3,(H,48,51)(H,49,50)(H,52,57)/t27?,28?,30?,31?,37?,38?,39-,40+,43-/m0/s1. The zero-order valence-electron chi connectivity index (χ0n) is 33.6. The Morgan fingerprint density at radius 3 is 2.00 bits per heavy atom. The number of nitrogens with one attached hydrogen (secondary N) is 3. The molecule has 5 fully saturated rings. The fourth-order valence-electron chi connectivity index (χ4n) is 11.6. The van der Waals surface area contributed by atoms with E-state index in [-0.39, 0.29) is 35.9 Å². The number of fused-ring (bicyclic) bond motifs is 5. The van der Waals surface area contributed by atoms with Crippen molar-refractivity contribution in [3.63, 3.8) is 0 Å². The van der Waals surface area contributed by atoms with Gasteiger partial charge in [0, 0.05) is 19.0 Å². The summed E-state index contributed by atoms with van der Waals surface area (Å²) in [7, 11) is 1.32. The van der Waals surface area contributed by atoms with Gasteiger partial charge in [0.1, 0.15) is 17.7 Å². The van der Waals surface area contributed by atoms with Crippen molar-refractivity contribution in [2.75, 3.05) is 7.11 Å². The number of benzene rings is 3. The first-order valence-electron chi connectivity index (χ1n) is 21.4. The second-order valence-electron chi connectivity index (χ2n) is 18.3. The van der Waals surface area contributed by atoms with Crippen molar-refractivity contribution in [3.8, 4) is 33.5 Å². The van der Waals surface area contributed by atoms with Crippen molar-refractivity contribution in [1.82, 2.24) is 35.1 Å². The lowest BCUT2D eigenvalue weighted by molar-refractivity contribution is -0.136. The van der Waals surface area contributed by atoms with Crippen LogP contribution in [0.2, 0.25) is 0 Å². The Morgan fingerprint density at radius 2 is 1.36 bits per heavy atom. The molecule has 4 heterocycles. The van der Waals surface area contributed by atoms with Gasteiger partial charge in [-0.2, -0.15) is 0 Å². The van der Waals surface area contributed by atoms with E-state index in [1.165, 1.54) is 66.2 Å². The number of likely N-dealkylation sites (tertiary alicyclic amines) is 2. The van der Waals surface area contributed by atoms with Gasteiger partial charge in [0.15, 0.2) is 0 Å². The Hall–Kier alpha value is -5.45. The first-order valence-corrected chi connectivity index (χ1v) is 21.4. The number of hydrogen-bond acceptors (Lipinski definition) is 6. The number of imidazole rings is 2. The number of H-pyrrole nitrogens is 2. The summed E-state index contributed by atoms with van der Waals surface area (Å²) in [6, 6.07) is 20.0. The average molecular weight is 778 g/mol. The highest BCUT2D eigenvalue weighted by molar-refractivity contribution is 5.88. The summed E-state index contributed by atoms with van der Waals surface area (Å²) in [5.74, 6) is 3.89. The van der Waals surface area contributed by atoms with Gasteiger partial charge in [-0.3, -0.25) is 9.59 Å². The molecule has 7 atom stereocenters. The van der Waals surface area contributed by atoms with E-state index in [1.54, 1.807) is 6.92 Å². The lowest BCUT2D eigenvalue weighted by Crippen LogP contribution is -2.52. The second kappa shape index (κ2) is 13.3. The topological polar surface area (TPSA) is 136 Å². The molecule has 12 rings (SSSR count). The zero-order chi connectivity index (χ0) is 39.6. The van der Waals surface area contributed by atoms with E-state index in [4.69, 9.17) is 14.7 Å². The van der Waals surface area contributed by atoms with E-state index in [9.17, 15) is 14.4 Å². The number of nitrogens with zero attached hydrogens (tertiary/aromatic N) is 4. The van der Waals surface area contributed by atoms with Crippen LogP contribution in [-0.2, 0) is 14.3 Å². The van der Waals surface area contributed by atoms with Crippen LogP contribution in [0.5, 0.6) is 0 Å². The van der Waals surface area contributed by atoms with E-state index < -0.39 is 12.1 Å². The minimum absolute atomic E-state index is 0.0428. The Bertz CT molecular complexity index is 2480. The predicted octanol–water partition coefficient (Wildman–Crippen LogP) is 8.77. The first-order chi connectivity index (χ1) is 28.1. The fourth-order valence-corrected chi connectivity index (χ4v) is 11.6. The molecular formula is C47H51N7O4. The Kier molecular flexibility index (Phi) is 8.18. The SMILES string of the molecule is COC(=O)N[C@H](C(=O)N1C2CC2C[C@H]1c1ncc(-c2ccc(-c3ccc(-c4ccc5nc([C@H]6CC7CC7N6C(C)=O)[nH]c5c4)c4c3C3CCC4CC3)cc2)[nH]1)C(C)C. The summed E-state index contributed by atoms with van der Waals surface area (Å²) in [4.78, 5) is 59.6. The number of aromatic amines is 2. The van der Waals surface area contributed by atoms with Crippen LogP contribution in [-0.4, -0.2) is 72.9 Å². The number of amides is 3. The quantitative estimate of drug-likeness (QED) is 0.144. The molecule has 2 bridgehead atoms. The number of carbonyl (C=O) groups is 3. The summed E-state index contributed by atoms with van der Waals surface area (Å²) in [6.45, 7) is 5.57. The molecule has 11 nitrogen and oxygen atoms in total. The Labute approximate surface area is 338 Å². The van der Waals surface area contributed by atoms with Crippen LogP contribution in [0.25, 0.3) is 44.5 Å². The highest BCUT2D eigenvalue weighted by Gasteiger charge is 2.56. The average Bonchev–Trinajstić information content (AvgIpc) is 3.86. The molecule has 58 heavy (non-hydrogen) atoms. The van der Waals surface area contributed by atoms with Gasteiger partial charge in [-0.05, 0) is 132 Å². The molecule has 2 aliphatic heterocycles. The molecule has 0 spiro atoms. The maximum atomic E-state index is 13.9. The van der Waals surface area contributed by atoms with Crippen molar-refractivity contribution in [3.05, 3.63) is 83.6 Å². The molecule has 0 radical (unpaired) electrons. The smallest absolute Gasteiger partial charge is 0.407 e. The molecule has 3 aromatic carbocycles. The second-order valence-corrected chi connectivity index (χ2v) is 18.3. The molecule has 2 saturated heterocycles.